The molecule has 0 heterocycles. The largest absolute Gasteiger partial charge is 0.444 e. The fraction of sp³-hybridized carbons (Fsp3) is 0.500. The molecule has 6 nitrogen and oxygen atoms in total. The van der Waals surface area contributed by atoms with Crippen molar-refractivity contribution in [3.63, 3.8) is 0 Å². The maximum absolute atomic E-state index is 13.3. The number of carbonyl (C=O) groups excluding carboxylic acids is 1. The van der Waals surface area contributed by atoms with Crippen molar-refractivity contribution in [2.75, 3.05) is 20.1 Å². The summed E-state index contributed by atoms with van der Waals surface area (Å²) in [4.78, 5) is 15.6. The van der Waals surface area contributed by atoms with E-state index < -0.39 is 11.7 Å². The van der Waals surface area contributed by atoms with Crippen LogP contribution in [0.15, 0.2) is 27.7 Å². The van der Waals surface area contributed by atoms with Gasteiger partial charge in [-0.05, 0) is 44.5 Å². The highest BCUT2D eigenvalue weighted by Crippen LogP contribution is 2.14. The third-order valence-electron chi connectivity index (χ3n) is 2.69. The molecule has 0 aliphatic heterocycles. The third kappa shape index (κ3) is 8.71. The zero-order valence-electron chi connectivity index (χ0n) is 14.4. The second-order valence-corrected chi connectivity index (χ2v) is 6.97. The summed E-state index contributed by atoms with van der Waals surface area (Å²) in [5, 5.41) is 8.77. The molecule has 0 aliphatic carbocycles. The van der Waals surface area contributed by atoms with E-state index in [1.807, 2.05) is 6.07 Å². The third-order valence-corrected chi connectivity index (χ3v) is 3.15. The van der Waals surface area contributed by atoms with Crippen LogP contribution >= 0.6 is 15.9 Å². The number of nitrogens with one attached hydrogen (secondary N) is 3. The Morgan fingerprint density at radius 1 is 1.21 bits per heavy atom. The van der Waals surface area contributed by atoms with Gasteiger partial charge in [0.25, 0.3) is 0 Å². The minimum Gasteiger partial charge on any atom is -0.444 e. The molecule has 1 amide bonds. The van der Waals surface area contributed by atoms with Gasteiger partial charge in [-0.3, -0.25) is 4.99 Å². The van der Waals surface area contributed by atoms with E-state index in [4.69, 9.17) is 4.74 Å². The number of ether oxygens (including phenoxy) is 1. The van der Waals surface area contributed by atoms with Crippen molar-refractivity contribution in [3.8, 4) is 0 Å². The number of hydrogen-bond donors (Lipinski definition) is 3. The van der Waals surface area contributed by atoms with Gasteiger partial charge in [-0.1, -0.05) is 15.9 Å². The van der Waals surface area contributed by atoms with E-state index in [0.29, 0.717) is 30.1 Å². The van der Waals surface area contributed by atoms with Crippen molar-refractivity contribution in [1.82, 2.24) is 16.0 Å². The molecule has 1 aromatic carbocycles. The molecule has 0 saturated carbocycles. The molecule has 0 aromatic heterocycles. The molecule has 0 saturated heterocycles. The number of rotatable bonds is 5. The Labute approximate surface area is 150 Å². The quantitative estimate of drug-likeness (QED) is 0.402. The normalized spacial score (nSPS) is 11.8. The van der Waals surface area contributed by atoms with Crippen LogP contribution in [0.1, 0.15) is 26.3 Å². The second-order valence-electron chi connectivity index (χ2n) is 6.06. The highest BCUT2D eigenvalue weighted by Gasteiger charge is 2.15. The van der Waals surface area contributed by atoms with Gasteiger partial charge < -0.3 is 20.7 Å². The molecule has 0 atom stereocenters. The Morgan fingerprint density at radius 2 is 1.88 bits per heavy atom. The van der Waals surface area contributed by atoms with Crippen molar-refractivity contribution in [3.05, 3.63) is 34.1 Å². The molecule has 0 spiro atoms. The first-order valence-corrected chi connectivity index (χ1v) is 8.35. The van der Waals surface area contributed by atoms with E-state index >= 15 is 0 Å². The summed E-state index contributed by atoms with van der Waals surface area (Å²) in [7, 11) is 1.64. The van der Waals surface area contributed by atoms with Gasteiger partial charge in [-0.25, -0.2) is 9.18 Å². The van der Waals surface area contributed by atoms with E-state index in [0.717, 1.165) is 5.56 Å². The van der Waals surface area contributed by atoms with Gasteiger partial charge in [-0.2, -0.15) is 0 Å². The monoisotopic (exact) mass is 402 g/mol. The van der Waals surface area contributed by atoms with E-state index in [2.05, 4.69) is 36.9 Å². The van der Waals surface area contributed by atoms with E-state index in [9.17, 15) is 9.18 Å². The van der Waals surface area contributed by atoms with E-state index in [-0.39, 0.29) is 5.82 Å². The molecule has 134 valence electrons. The van der Waals surface area contributed by atoms with Crippen LogP contribution in [0.3, 0.4) is 0 Å². The van der Waals surface area contributed by atoms with Gasteiger partial charge in [0.2, 0.25) is 0 Å². The molecule has 1 aromatic rings. The number of hydrogen-bond acceptors (Lipinski definition) is 3. The SMILES string of the molecule is CN=C(NCCNC(=O)OC(C)(C)C)NCc1cc(F)cc(Br)c1. The molecular formula is C16H24BrFN4O2. The number of amides is 1. The summed E-state index contributed by atoms with van der Waals surface area (Å²) < 4.78 is 19.1. The van der Waals surface area contributed by atoms with Crippen LogP contribution < -0.4 is 16.0 Å². The number of halogens is 2. The molecule has 24 heavy (non-hydrogen) atoms. The fourth-order valence-electron chi connectivity index (χ4n) is 1.78. The van der Waals surface area contributed by atoms with Crippen LogP contribution in [0.5, 0.6) is 0 Å². The molecule has 0 bridgehead atoms. The Balaban J connectivity index is 2.32. The second kappa shape index (κ2) is 9.46. The number of carbonyl (C=O) groups is 1. The van der Waals surface area contributed by atoms with Crippen molar-refractivity contribution in [1.29, 1.82) is 0 Å². The predicted octanol–water partition coefficient (Wildman–Crippen LogP) is 2.78. The van der Waals surface area contributed by atoms with Crippen molar-refractivity contribution < 1.29 is 13.9 Å². The zero-order valence-corrected chi connectivity index (χ0v) is 16.0. The van der Waals surface area contributed by atoms with Gasteiger partial charge in [0.05, 0.1) is 0 Å². The van der Waals surface area contributed by atoms with Crippen molar-refractivity contribution >= 4 is 28.0 Å². The zero-order chi connectivity index (χ0) is 18.2. The van der Waals surface area contributed by atoms with Crippen LogP contribution in [0.4, 0.5) is 9.18 Å². The molecule has 0 aliphatic rings. The Morgan fingerprint density at radius 3 is 2.46 bits per heavy atom. The Kier molecular flexibility index (Phi) is 7.97. The van der Waals surface area contributed by atoms with E-state index in [1.54, 1.807) is 27.8 Å². The fourth-order valence-corrected chi connectivity index (χ4v) is 2.29. The average Bonchev–Trinajstić information content (AvgIpc) is 2.43. The average molecular weight is 403 g/mol. The lowest BCUT2D eigenvalue weighted by Gasteiger charge is -2.20. The highest BCUT2D eigenvalue weighted by atomic mass is 79.9. The van der Waals surface area contributed by atoms with Crippen LogP contribution in [0.25, 0.3) is 0 Å². The molecule has 0 unspecified atom stereocenters. The first kappa shape index (κ1) is 20.2. The van der Waals surface area contributed by atoms with Crippen molar-refractivity contribution in [2.45, 2.75) is 32.9 Å². The van der Waals surface area contributed by atoms with Crippen molar-refractivity contribution in [2.24, 2.45) is 4.99 Å². The summed E-state index contributed by atoms with van der Waals surface area (Å²) in [6.45, 7) is 6.71. The first-order valence-electron chi connectivity index (χ1n) is 7.56. The maximum Gasteiger partial charge on any atom is 0.407 e. The minimum absolute atomic E-state index is 0.300. The smallest absolute Gasteiger partial charge is 0.407 e. The molecular weight excluding hydrogens is 379 g/mol. The Bertz CT molecular complexity index is 568. The number of benzene rings is 1. The summed E-state index contributed by atoms with van der Waals surface area (Å²) in [5.74, 6) is 0.257. The Hall–Kier alpha value is -1.83. The van der Waals surface area contributed by atoms with Crippen LogP contribution in [0, 0.1) is 5.82 Å². The topological polar surface area (TPSA) is 74.8 Å². The van der Waals surface area contributed by atoms with Gasteiger partial charge in [-0.15, -0.1) is 0 Å². The van der Waals surface area contributed by atoms with Crippen LogP contribution in [-0.4, -0.2) is 37.8 Å². The number of aliphatic imine (C=N–C) groups is 1. The summed E-state index contributed by atoms with van der Waals surface area (Å²) >= 11 is 3.26. The lowest BCUT2D eigenvalue weighted by molar-refractivity contribution is 0.0529. The lowest BCUT2D eigenvalue weighted by Crippen LogP contribution is -2.42. The van der Waals surface area contributed by atoms with Gasteiger partial charge in [0, 0.05) is 31.2 Å². The number of nitrogens with zero attached hydrogens (tertiary/aromatic N) is 1. The van der Waals surface area contributed by atoms with E-state index in [1.165, 1.54) is 12.1 Å². The van der Waals surface area contributed by atoms with Gasteiger partial charge in [0.15, 0.2) is 5.96 Å². The van der Waals surface area contributed by atoms with Gasteiger partial charge in [0.1, 0.15) is 11.4 Å². The van der Waals surface area contributed by atoms with Gasteiger partial charge >= 0.3 is 6.09 Å². The minimum atomic E-state index is -0.520. The number of guanidine groups is 1. The maximum atomic E-state index is 13.3. The number of alkyl carbamates (subject to hydrolysis) is 1. The molecule has 8 heteroatoms. The first-order chi connectivity index (χ1) is 11.2. The molecule has 1 rings (SSSR count). The van der Waals surface area contributed by atoms with Crippen LogP contribution in [0.2, 0.25) is 0 Å². The predicted molar refractivity (Wildman–Crippen MR) is 96.5 cm³/mol. The molecule has 0 fully saturated rings. The van der Waals surface area contributed by atoms with Crippen LogP contribution in [-0.2, 0) is 11.3 Å². The summed E-state index contributed by atoms with van der Waals surface area (Å²) in [6, 6.07) is 4.68. The molecule has 3 N–H and O–H groups in total. The molecule has 0 radical (unpaired) electrons. The lowest BCUT2D eigenvalue weighted by atomic mass is 10.2. The summed E-state index contributed by atoms with van der Waals surface area (Å²) in [6.07, 6.45) is -0.461. The standard InChI is InChI=1S/C16H24BrFN4O2/c1-16(2,3)24-15(23)21-6-5-20-14(19-4)22-10-11-7-12(17)9-13(18)8-11/h7-9H,5-6,10H2,1-4H3,(H,21,23)(H2,19,20,22). The highest BCUT2D eigenvalue weighted by molar-refractivity contribution is 9.10. The summed E-state index contributed by atoms with van der Waals surface area (Å²) in [5.41, 5.74) is 0.269.